The number of nitrogens with zero attached hydrogens (tertiary/aromatic N) is 2. The van der Waals surface area contributed by atoms with Gasteiger partial charge in [-0.3, -0.25) is 9.59 Å². The van der Waals surface area contributed by atoms with Gasteiger partial charge in [0.25, 0.3) is 0 Å². The van der Waals surface area contributed by atoms with Crippen LogP contribution in [0.3, 0.4) is 0 Å². The zero-order chi connectivity index (χ0) is 15.8. The van der Waals surface area contributed by atoms with E-state index in [1.807, 2.05) is 0 Å². The number of hydrogen-bond donors (Lipinski definition) is 1. The molecule has 1 aliphatic rings. The highest BCUT2D eigenvalue weighted by atomic mass is 19.4. The molecule has 1 unspecified atom stereocenters. The minimum atomic E-state index is -4.70. The fourth-order valence-electron chi connectivity index (χ4n) is 2.18. The fraction of sp³-hybridized carbons (Fsp3) is 0.308. The standard InChI is InChI=1S/C13H10F3N3O2/c14-13(15,16)10-4-9(2-1-7(10)5-17)19-6-8(12(18)21)3-11(19)20/h1-2,4,8H,3,6H2,(H2,18,21). The third kappa shape index (κ3) is 2.81. The Morgan fingerprint density at radius 2 is 2.10 bits per heavy atom. The van der Waals surface area contributed by atoms with Crippen LogP contribution in [0.5, 0.6) is 0 Å². The number of benzene rings is 1. The van der Waals surface area contributed by atoms with Gasteiger partial charge in [-0.05, 0) is 18.2 Å². The van der Waals surface area contributed by atoms with Crippen LogP contribution in [0.2, 0.25) is 0 Å². The largest absolute Gasteiger partial charge is 0.417 e. The molecule has 1 aliphatic heterocycles. The predicted molar refractivity (Wildman–Crippen MR) is 65.8 cm³/mol. The molecule has 1 atom stereocenters. The Balaban J connectivity index is 2.41. The highest BCUT2D eigenvalue weighted by Crippen LogP contribution is 2.35. The van der Waals surface area contributed by atoms with E-state index in [2.05, 4.69) is 0 Å². The number of carbonyl (C=O) groups excluding carboxylic acids is 2. The lowest BCUT2D eigenvalue weighted by molar-refractivity contribution is -0.137. The number of nitriles is 1. The number of nitrogens with two attached hydrogens (primary N) is 1. The molecule has 2 rings (SSSR count). The smallest absolute Gasteiger partial charge is 0.369 e. The summed E-state index contributed by atoms with van der Waals surface area (Å²) in [6.07, 6.45) is -4.83. The monoisotopic (exact) mass is 297 g/mol. The van der Waals surface area contributed by atoms with E-state index in [9.17, 15) is 22.8 Å². The number of halogens is 3. The molecule has 110 valence electrons. The summed E-state index contributed by atoms with van der Waals surface area (Å²) in [5.74, 6) is -1.87. The molecule has 1 saturated heterocycles. The van der Waals surface area contributed by atoms with E-state index in [0.717, 1.165) is 17.0 Å². The van der Waals surface area contributed by atoms with Crippen LogP contribution >= 0.6 is 0 Å². The molecular formula is C13H10F3N3O2. The van der Waals surface area contributed by atoms with Crippen molar-refractivity contribution in [3.8, 4) is 6.07 Å². The Labute approximate surface area is 117 Å². The molecule has 2 amide bonds. The Bertz CT molecular complexity index is 649. The van der Waals surface area contributed by atoms with E-state index in [1.165, 1.54) is 12.1 Å². The van der Waals surface area contributed by atoms with Crippen molar-refractivity contribution < 1.29 is 22.8 Å². The molecule has 0 saturated carbocycles. The van der Waals surface area contributed by atoms with Crippen LogP contribution in [-0.2, 0) is 15.8 Å². The summed E-state index contributed by atoms with van der Waals surface area (Å²) in [6.45, 7) is -0.0582. The van der Waals surface area contributed by atoms with Crippen molar-refractivity contribution >= 4 is 17.5 Å². The van der Waals surface area contributed by atoms with Crippen molar-refractivity contribution in [1.29, 1.82) is 5.26 Å². The molecule has 5 nitrogen and oxygen atoms in total. The number of hydrogen-bond acceptors (Lipinski definition) is 3. The van der Waals surface area contributed by atoms with E-state index in [4.69, 9.17) is 11.0 Å². The van der Waals surface area contributed by atoms with Gasteiger partial charge >= 0.3 is 6.18 Å². The molecule has 1 aromatic carbocycles. The maximum atomic E-state index is 12.9. The predicted octanol–water partition coefficient (Wildman–Crippen LogP) is 1.42. The van der Waals surface area contributed by atoms with Gasteiger partial charge in [0.2, 0.25) is 11.8 Å². The second-order valence-corrected chi connectivity index (χ2v) is 4.65. The fourth-order valence-corrected chi connectivity index (χ4v) is 2.18. The summed E-state index contributed by atoms with van der Waals surface area (Å²) in [6, 6.07) is 4.44. The number of anilines is 1. The molecule has 0 radical (unpaired) electrons. The molecule has 0 aromatic heterocycles. The summed E-state index contributed by atoms with van der Waals surface area (Å²) in [7, 11) is 0. The number of amides is 2. The van der Waals surface area contributed by atoms with E-state index in [1.54, 1.807) is 0 Å². The van der Waals surface area contributed by atoms with Crippen molar-refractivity contribution in [2.45, 2.75) is 12.6 Å². The summed E-state index contributed by atoms with van der Waals surface area (Å²) >= 11 is 0. The van der Waals surface area contributed by atoms with Crippen LogP contribution in [0.4, 0.5) is 18.9 Å². The number of primary amides is 1. The maximum Gasteiger partial charge on any atom is 0.417 e. The van der Waals surface area contributed by atoms with Crippen LogP contribution in [-0.4, -0.2) is 18.4 Å². The van der Waals surface area contributed by atoms with Crippen molar-refractivity contribution in [1.82, 2.24) is 0 Å². The second-order valence-electron chi connectivity index (χ2n) is 4.65. The van der Waals surface area contributed by atoms with Crippen molar-refractivity contribution in [2.75, 3.05) is 11.4 Å². The SMILES string of the molecule is N#Cc1ccc(N2CC(C(N)=O)CC2=O)cc1C(F)(F)F. The van der Waals surface area contributed by atoms with Gasteiger partial charge in [-0.15, -0.1) is 0 Å². The van der Waals surface area contributed by atoms with Crippen molar-refractivity contribution in [3.05, 3.63) is 29.3 Å². The van der Waals surface area contributed by atoms with Crippen LogP contribution in [0.1, 0.15) is 17.5 Å². The van der Waals surface area contributed by atoms with Gasteiger partial charge in [0.1, 0.15) is 0 Å². The van der Waals surface area contributed by atoms with E-state index in [0.29, 0.717) is 0 Å². The summed E-state index contributed by atoms with van der Waals surface area (Å²) in [5, 5.41) is 8.71. The zero-order valence-electron chi connectivity index (χ0n) is 10.6. The molecule has 1 heterocycles. The van der Waals surface area contributed by atoms with Gasteiger partial charge in [-0.25, -0.2) is 0 Å². The average Bonchev–Trinajstić information content (AvgIpc) is 2.79. The first-order valence-corrected chi connectivity index (χ1v) is 5.95. The Morgan fingerprint density at radius 1 is 1.43 bits per heavy atom. The van der Waals surface area contributed by atoms with Crippen LogP contribution < -0.4 is 10.6 Å². The van der Waals surface area contributed by atoms with Gasteiger partial charge in [0.05, 0.1) is 23.1 Å². The first-order chi connectivity index (χ1) is 9.74. The number of alkyl halides is 3. The van der Waals surface area contributed by atoms with E-state index in [-0.39, 0.29) is 18.7 Å². The lowest BCUT2D eigenvalue weighted by Gasteiger charge is -2.18. The van der Waals surface area contributed by atoms with Crippen LogP contribution in [0.25, 0.3) is 0 Å². The van der Waals surface area contributed by atoms with Gasteiger partial charge in [-0.1, -0.05) is 0 Å². The van der Waals surface area contributed by atoms with Crippen molar-refractivity contribution in [3.63, 3.8) is 0 Å². The number of rotatable bonds is 2. The molecule has 8 heteroatoms. The van der Waals surface area contributed by atoms with E-state index >= 15 is 0 Å². The maximum absolute atomic E-state index is 12.9. The van der Waals surface area contributed by atoms with Crippen LogP contribution in [0.15, 0.2) is 18.2 Å². The highest BCUT2D eigenvalue weighted by molar-refractivity contribution is 6.00. The Hall–Kier alpha value is -2.56. The first-order valence-electron chi connectivity index (χ1n) is 5.95. The molecule has 1 fully saturated rings. The zero-order valence-corrected chi connectivity index (χ0v) is 10.6. The molecule has 0 aliphatic carbocycles. The summed E-state index contributed by atoms with van der Waals surface area (Å²) in [5.41, 5.74) is 3.46. The minimum Gasteiger partial charge on any atom is -0.369 e. The lowest BCUT2D eigenvalue weighted by Crippen LogP contribution is -2.28. The van der Waals surface area contributed by atoms with Gasteiger partial charge in [-0.2, -0.15) is 18.4 Å². The molecule has 2 N–H and O–H groups in total. The Morgan fingerprint density at radius 3 is 2.57 bits per heavy atom. The van der Waals surface area contributed by atoms with Gasteiger partial charge in [0.15, 0.2) is 0 Å². The molecular weight excluding hydrogens is 287 g/mol. The lowest BCUT2D eigenvalue weighted by atomic mass is 10.1. The third-order valence-electron chi connectivity index (χ3n) is 3.27. The molecule has 21 heavy (non-hydrogen) atoms. The topological polar surface area (TPSA) is 87.2 Å². The quantitative estimate of drug-likeness (QED) is 0.895. The summed E-state index contributed by atoms with van der Waals surface area (Å²) < 4.78 is 38.6. The second kappa shape index (κ2) is 5.09. The Kier molecular flexibility index (Phi) is 3.60. The normalized spacial score (nSPS) is 18.7. The average molecular weight is 297 g/mol. The highest BCUT2D eigenvalue weighted by Gasteiger charge is 2.37. The van der Waals surface area contributed by atoms with Crippen LogP contribution in [0, 0.1) is 17.2 Å². The molecule has 1 aromatic rings. The molecule has 0 spiro atoms. The molecule has 0 bridgehead atoms. The number of carbonyl (C=O) groups is 2. The minimum absolute atomic E-state index is 0.00456. The first kappa shape index (κ1) is 14.8. The summed E-state index contributed by atoms with van der Waals surface area (Å²) in [4.78, 5) is 23.9. The third-order valence-corrected chi connectivity index (χ3v) is 3.27. The van der Waals surface area contributed by atoms with E-state index < -0.39 is 35.0 Å². The van der Waals surface area contributed by atoms with Gasteiger partial charge < -0.3 is 10.6 Å². The van der Waals surface area contributed by atoms with Gasteiger partial charge in [0, 0.05) is 18.7 Å². The van der Waals surface area contributed by atoms with Crippen molar-refractivity contribution in [2.24, 2.45) is 11.7 Å².